The number of hydrogen-bond acceptors (Lipinski definition) is 4. The average molecular weight is 593 g/mol. The second-order valence-electron chi connectivity index (χ2n) is 12.3. The van der Waals surface area contributed by atoms with E-state index in [1.54, 1.807) is 13.8 Å². The Morgan fingerprint density at radius 2 is 0.571 bits per heavy atom. The fraction of sp³-hybridized carbons (Fsp3) is 0.842. The molecule has 0 spiro atoms. The number of carbonyl (C=O) groups is 2. The third-order valence-electron chi connectivity index (χ3n) is 7.66. The summed E-state index contributed by atoms with van der Waals surface area (Å²) in [6.45, 7) is 16.1. The summed E-state index contributed by atoms with van der Waals surface area (Å²) in [6, 6.07) is 0. The summed E-state index contributed by atoms with van der Waals surface area (Å²) in [7, 11) is 0. The number of carbonyl (C=O) groups excluding carboxylic acids is 2. The lowest BCUT2D eigenvalue weighted by molar-refractivity contribution is -0.139. The Morgan fingerprint density at radius 3 is 0.762 bits per heavy atom. The highest BCUT2D eigenvalue weighted by molar-refractivity contribution is 5.87. The summed E-state index contributed by atoms with van der Waals surface area (Å²) in [6.07, 6.45) is 34.7. The Kier molecular flexibility index (Phi) is 36.1. The van der Waals surface area contributed by atoms with Crippen molar-refractivity contribution in [2.45, 2.75) is 195 Å². The van der Waals surface area contributed by atoms with Crippen LogP contribution in [0.15, 0.2) is 24.3 Å². The zero-order valence-electron chi connectivity index (χ0n) is 28.8. The van der Waals surface area contributed by atoms with Gasteiger partial charge in [-0.15, -0.1) is 0 Å². The van der Waals surface area contributed by atoms with Crippen LogP contribution in [0.25, 0.3) is 0 Å². The van der Waals surface area contributed by atoms with Gasteiger partial charge in [0.1, 0.15) is 0 Å². The maximum absolute atomic E-state index is 11.2. The molecule has 0 bridgehead atoms. The number of ether oxygens (including phenoxy) is 2. The summed E-state index contributed by atoms with van der Waals surface area (Å²) < 4.78 is 10.1. The van der Waals surface area contributed by atoms with Crippen LogP contribution >= 0.6 is 0 Å². The normalized spacial score (nSPS) is 10.6. The summed E-state index contributed by atoms with van der Waals surface area (Å²) in [5.74, 6) is -0.512. The van der Waals surface area contributed by atoms with Crippen LogP contribution in [0.3, 0.4) is 0 Å². The van der Waals surface area contributed by atoms with Gasteiger partial charge in [-0.1, -0.05) is 181 Å². The molecule has 0 unspecified atom stereocenters. The monoisotopic (exact) mass is 593 g/mol. The Hall–Kier alpha value is -1.58. The molecule has 0 aromatic carbocycles. The first kappa shape index (κ1) is 42.6. The zero-order chi connectivity index (χ0) is 31.5. The maximum Gasteiger partial charge on any atom is 0.333 e. The minimum absolute atomic E-state index is 0.254. The summed E-state index contributed by atoms with van der Waals surface area (Å²) in [5.41, 5.74) is 0.980. The third-order valence-corrected chi connectivity index (χ3v) is 7.66. The molecule has 0 aromatic heterocycles. The molecule has 0 heterocycles. The molecule has 0 amide bonds. The van der Waals surface area contributed by atoms with E-state index in [0.717, 1.165) is 12.8 Å². The molecular formula is C38H72O4. The predicted octanol–water partition coefficient (Wildman–Crippen LogP) is 12.4. The van der Waals surface area contributed by atoms with E-state index in [2.05, 4.69) is 27.0 Å². The van der Waals surface area contributed by atoms with Crippen molar-refractivity contribution in [2.24, 2.45) is 0 Å². The van der Waals surface area contributed by atoms with E-state index in [1.165, 1.54) is 154 Å². The Labute approximate surface area is 262 Å². The van der Waals surface area contributed by atoms with Crippen LogP contribution in [-0.4, -0.2) is 25.2 Å². The summed E-state index contributed by atoms with van der Waals surface area (Å²) in [5, 5.41) is 0. The number of unbranched alkanes of at least 4 members (excludes halogenated alkanes) is 24. The Bertz CT molecular complexity index is 625. The first-order valence-corrected chi connectivity index (χ1v) is 18.0. The minimum atomic E-state index is -0.258. The van der Waals surface area contributed by atoms with Crippen molar-refractivity contribution in [2.75, 3.05) is 13.2 Å². The Morgan fingerprint density at radius 1 is 0.381 bits per heavy atom. The van der Waals surface area contributed by atoms with Gasteiger partial charge >= 0.3 is 11.9 Å². The van der Waals surface area contributed by atoms with Crippen LogP contribution in [0.5, 0.6) is 0 Å². The molecular weight excluding hydrogens is 520 g/mol. The molecule has 248 valence electrons. The number of esters is 2. The SMILES string of the molecule is C=C(C)C(=O)OCCCCCCCCCCCC.C=C(C)C(=O)OCCCCCCCCCCCCCCCCCC. The maximum atomic E-state index is 11.2. The van der Waals surface area contributed by atoms with Crippen molar-refractivity contribution in [3.8, 4) is 0 Å². The van der Waals surface area contributed by atoms with Gasteiger partial charge in [0, 0.05) is 11.1 Å². The molecule has 0 fully saturated rings. The second kappa shape index (κ2) is 35.6. The van der Waals surface area contributed by atoms with E-state index in [9.17, 15) is 9.59 Å². The first-order valence-electron chi connectivity index (χ1n) is 18.0. The van der Waals surface area contributed by atoms with E-state index >= 15 is 0 Å². The quantitative estimate of drug-likeness (QED) is 0.0473. The molecule has 0 aliphatic carbocycles. The lowest BCUT2D eigenvalue weighted by Crippen LogP contribution is -2.05. The van der Waals surface area contributed by atoms with E-state index in [-0.39, 0.29) is 11.9 Å². The van der Waals surface area contributed by atoms with Gasteiger partial charge in [0.2, 0.25) is 0 Å². The molecule has 42 heavy (non-hydrogen) atoms. The van der Waals surface area contributed by atoms with Gasteiger partial charge in [0.05, 0.1) is 13.2 Å². The van der Waals surface area contributed by atoms with Gasteiger partial charge in [-0.25, -0.2) is 9.59 Å². The largest absolute Gasteiger partial charge is 0.462 e. The highest BCUT2D eigenvalue weighted by atomic mass is 16.5. The van der Waals surface area contributed by atoms with Gasteiger partial charge in [-0.3, -0.25) is 0 Å². The molecule has 0 aliphatic heterocycles. The molecule has 0 atom stereocenters. The van der Waals surface area contributed by atoms with Crippen molar-refractivity contribution in [1.29, 1.82) is 0 Å². The van der Waals surface area contributed by atoms with Crippen LogP contribution < -0.4 is 0 Å². The lowest BCUT2D eigenvalue weighted by Gasteiger charge is -2.05. The van der Waals surface area contributed by atoms with E-state index < -0.39 is 0 Å². The standard InChI is InChI=1S/C22H42O2.C16H30O2/c1-4-5-6-7-8-9-10-11-12-13-14-15-16-17-18-19-20-24-22(23)21(2)3;1-4-5-6-7-8-9-10-11-12-13-14-18-16(17)15(2)3/h2,4-20H2,1,3H3;2,4-14H2,1,3H3. The molecule has 0 rings (SSSR count). The average Bonchev–Trinajstić information content (AvgIpc) is 2.97. The van der Waals surface area contributed by atoms with Crippen molar-refractivity contribution >= 4 is 11.9 Å². The smallest absolute Gasteiger partial charge is 0.333 e. The second-order valence-corrected chi connectivity index (χ2v) is 12.3. The van der Waals surface area contributed by atoms with Gasteiger partial charge < -0.3 is 9.47 Å². The van der Waals surface area contributed by atoms with E-state index in [4.69, 9.17) is 9.47 Å². The Balaban J connectivity index is 0. The van der Waals surface area contributed by atoms with E-state index in [0.29, 0.717) is 24.4 Å². The summed E-state index contributed by atoms with van der Waals surface area (Å²) in [4.78, 5) is 22.3. The molecule has 4 nitrogen and oxygen atoms in total. The number of hydrogen-bond donors (Lipinski definition) is 0. The van der Waals surface area contributed by atoms with Crippen molar-refractivity contribution < 1.29 is 19.1 Å². The minimum Gasteiger partial charge on any atom is -0.462 e. The molecule has 4 heteroatoms. The van der Waals surface area contributed by atoms with Crippen LogP contribution in [0, 0.1) is 0 Å². The molecule has 0 aliphatic rings. The van der Waals surface area contributed by atoms with Gasteiger partial charge in [0.15, 0.2) is 0 Å². The predicted molar refractivity (Wildman–Crippen MR) is 183 cm³/mol. The van der Waals surface area contributed by atoms with Crippen LogP contribution in [0.1, 0.15) is 195 Å². The topological polar surface area (TPSA) is 52.6 Å². The molecule has 0 radical (unpaired) electrons. The van der Waals surface area contributed by atoms with Crippen LogP contribution in [0.4, 0.5) is 0 Å². The van der Waals surface area contributed by atoms with Crippen LogP contribution in [0.2, 0.25) is 0 Å². The summed E-state index contributed by atoms with van der Waals surface area (Å²) >= 11 is 0. The molecule has 0 aromatic rings. The van der Waals surface area contributed by atoms with Gasteiger partial charge in [-0.05, 0) is 26.7 Å². The fourth-order valence-corrected chi connectivity index (χ4v) is 4.82. The van der Waals surface area contributed by atoms with Crippen molar-refractivity contribution in [3.63, 3.8) is 0 Å². The van der Waals surface area contributed by atoms with E-state index in [1.807, 2.05) is 0 Å². The van der Waals surface area contributed by atoms with Crippen molar-refractivity contribution in [3.05, 3.63) is 24.3 Å². The molecule has 0 saturated heterocycles. The lowest BCUT2D eigenvalue weighted by atomic mass is 10.0. The van der Waals surface area contributed by atoms with Crippen LogP contribution in [-0.2, 0) is 19.1 Å². The number of rotatable bonds is 30. The zero-order valence-corrected chi connectivity index (χ0v) is 28.8. The third kappa shape index (κ3) is 36.4. The highest BCUT2D eigenvalue weighted by Crippen LogP contribution is 2.14. The molecule has 0 N–H and O–H groups in total. The van der Waals surface area contributed by atoms with Crippen molar-refractivity contribution in [1.82, 2.24) is 0 Å². The van der Waals surface area contributed by atoms with Gasteiger partial charge in [-0.2, -0.15) is 0 Å². The van der Waals surface area contributed by atoms with Gasteiger partial charge in [0.25, 0.3) is 0 Å². The fourth-order valence-electron chi connectivity index (χ4n) is 4.82. The molecule has 0 saturated carbocycles. The highest BCUT2D eigenvalue weighted by Gasteiger charge is 2.02. The first-order chi connectivity index (χ1) is 20.4.